The molecule has 1 N–H and O–H groups in total. The number of ether oxygens (including phenoxy) is 5. The summed E-state index contributed by atoms with van der Waals surface area (Å²) in [4.78, 5) is 4.86. The fourth-order valence-electron chi connectivity index (χ4n) is 3.90. The van der Waals surface area contributed by atoms with Crippen molar-refractivity contribution < 1.29 is 23.7 Å². The summed E-state index contributed by atoms with van der Waals surface area (Å²) in [5.74, 6) is 1.05. The Morgan fingerprint density at radius 3 is 1.79 bits per heavy atom. The third-order valence-electron chi connectivity index (χ3n) is 5.54. The van der Waals surface area contributed by atoms with Crippen molar-refractivity contribution in [2.45, 2.75) is 85.7 Å². The maximum atomic E-state index is 6.27. The summed E-state index contributed by atoms with van der Waals surface area (Å²) in [6, 6.07) is 4.18. The van der Waals surface area contributed by atoms with E-state index in [0.29, 0.717) is 64.7 Å². The molecule has 1 aromatic rings. The highest BCUT2D eigenvalue weighted by Crippen LogP contribution is 2.18. The molecule has 2 bridgehead atoms. The molecule has 0 aromatic carbocycles. The number of anilines is 1. The highest BCUT2D eigenvalue weighted by atomic mass is 16.6. The standard InChI is InChI=1S/C27H48N2O5/c1-6-7-8-28-23-15-24-17-33-26(13-21(2)3)19-31-11-9-30-10-12-32-20-27(14-22(4)5)34-18-25(16-23)29-24/h15-16,21-22,26-27H,6-14,17-20H2,1-5H3,(H,28,29)/t26-,27-/m0/s1. The first-order chi connectivity index (χ1) is 16.5. The van der Waals surface area contributed by atoms with Crippen LogP contribution in [0.5, 0.6) is 0 Å². The van der Waals surface area contributed by atoms with E-state index >= 15 is 0 Å². The van der Waals surface area contributed by atoms with Crippen LogP contribution in [-0.4, -0.2) is 63.4 Å². The zero-order chi connectivity index (χ0) is 24.6. The topological polar surface area (TPSA) is 71.1 Å². The number of unbranched alkanes of at least 4 members (excludes halogenated alkanes) is 1. The van der Waals surface area contributed by atoms with E-state index in [1.807, 2.05) is 0 Å². The van der Waals surface area contributed by atoms with E-state index in [1.165, 1.54) is 0 Å². The van der Waals surface area contributed by atoms with Crippen molar-refractivity contribution in [2.75, 3.05) is 51.5 Å². The largest absolute Gasteiger partial charge is 0.385 e. The van der Waals surface area contributed by atoms with Gasteiger partial charge in [-0.05, 0) is 43.2 Å². The minimum Gasteiger partial charge on any atom is -0.385 e. The molecule has 0 amide bonds. The lowest BCUT2D eigenvalue weighted by atomic mass is 10.1. The SMILES string of the molecule is CCCCNc1cc2nc(c1)CO[C@@H](CC(C)C)COCCOCCOC[C@H](CC(C)C)OC2. The van der Waals surface area contributed by atoms with Crippen molar-refractivity contribution in [1.29, 1.82) is 0 Å². The van der Waals surface area contributed by atoms with Gasteiger partial charge in [0.15, 0.2) is 0 Å². The van der Waals surface area contributed by atoms with Gasteiger partial charge in [-0.15, -0.1) is 0 Å². The second-order valence-electron chi connectivity index (χ2n) is 10.0. The van der Waals surface area contributed by atoms with Crippen LogP contribution in [0.3, 0.4) is 0 Å². The molecule has 7 heteroatoms. The van der Waals surface area contributed by atoms with Gasteiger partial charge >= 0.3 is 0 Å². The van der Waals surface area contributed by atoms with E-state index in [2.05, 4.69) is 52.1 Å². The van der Waals surface area contributed by atoms with Gasteiger partial charge < -0.3 is 29.0 Å². The van der Waals surface area contributed by atoms with Gasteiger partial charge in [-0.25, -0.2) is 0 Å². The van der Waals surface area contributed by atoms with E-state index < -0.39 is 0 Å². The van der Waals surface area contributed by atoms with Crippen LogP contribution in [0.1, 0.15) is 71.7 Å². The first-order valence-corrected chi connectivity index (χ1v) is 13.2. The molecule has 1 aliphatic heterocycles. The van der Waals surface area contributed by atoms with Gasteiger partial charge in [0.25, 0.3) is 0 Å². The lowest BCUT2D eigenvalue weighted by Gasteiger charge is -2.22. The van der Waals surface area contributed by atoms with Crippen LogP contribution < -0.4 is 5.32 Å². The van der Waals surface area contributed by atoms with Gasteiger partial charge in [-0.1, -0.05) is 41.0 Å². The maximum absolute atomic E-state index is 6.27. The maximum Gasteiger partial charge on any atom is 0.0893 e. The number of hydrogen-bond donors (Lipinski definition) is 1. The van der Waals surface area contributed by atoms with Crippen molar-refractivity contribution in [3.8, 4) is 0 Å². The van der Waals surface area contributed by atoms with Crippen LogP contribution >= 0.6 is 0 Å². The average molecular weight is 481 g/mol. The summed E-state index contributed by atoms with van der Waals surface area (Å²) in [6.07, 6.45) is 4.21. The monoisotopic (exact) mass is 480 g/mol. The summed E-state index contributed by atoms with van der Waals surface area (Å²) in [5.41, 5.74) is 2.89. The predicted molar refractivity (Wildman–Crippen MR) is 136 cm³/mol. The summed E-state index contributed by atoms with van der Waals surface area (Å²) >= 11 is 0. The molecule has 0 spiro atoms. The van der Waals surface area contributed by atoms with E-state index in [1.54, 1.807) is 0 Å². The number of aromatic nitrogens is 1. The van der Waals surface area contributed by atoms with E-state index in [0.717, 1.165) is 49.3 Å². The molecule has 1 aromatic heterocycles. The molecule has 0 radical (unpaired) electrons. The third-order valence-corrected chi connectivity index (χ3v) is 5.54. The molecular weight excluding hydrogens is 432 g/mol. The number of nitrogens with one attached hydrogen (secondary N) is 1. The van der Waals surface area contributed by atoms with Gasteiger partial charge in [0.2, 0.25) is 0 Å². The van der Waals surface area contributed by atoms with Gasteiger partial charge in [-0.2, -0.15) is 0 Å². The van der Waals surface area contributed by atoms with Crippen molar-refractivity contribution in [3.63, 3.8) is 0 Å². The Hall–Kier alpha value is -1.25. The van der Waals surface area contributed by atoms with Gasteiger partial charge in [-0.3, -0.25) is 4.98 Å². The third kappa shape index (κ3) is 13.0. The molecule has 2 atom stereocenters. The molecule has 34 heavy (non-hydrogen) atoms. The summed E-state index contributed by atoms with van der Waals surface area (Å²) in [6.45, 7) is 16.2. The zero-order valence-corrected chi connectivity index (χ0v) is 22.1. The van der Waals surface area contributed by atoms with Crippen LogP contribution in [-0.2, 0) is 36.9 Å². The summed E-state index contributed by atoms with van der Waals surface area (Å²) in [5, 5.41) is 3.54. The molecule has 0 unspecified atom stereocenters. The normalized spacial score (nSPS) is 21.9. The van der Waals surface area contributed by atoms with Crippen LogP contribution in [0.4, 0.5) is 5.69 Å². The lowest BCUT2D eigenvalue weighted by Crippen LogP contribution is -2.25. The Bertz CT molecular complexity index is 610. The van der Waals surface area contributed by atoms with Crippen LogP contribution in [0.25, 0.3) is 0 Å². The molecule has 0 fully saturated rings. The lowest BCUT2D eigenvalue weighted by molar-refractivity contribution is -0.0612. The highest BCUT2D eigenvalue weighted by molar-refractivity contribution is 5.45. The molecule has 196 valence electrons. The molecule has 2 rings (SSSR count). The average Bonchev–Trinajstić information content (AvgIpc) is 2.78. The van der Waals surface area contributed by atoms with Gasteiger partial charge in [0.05, 0.1) is 76.5 Å². The Morgan fingerprint density at radius 2 is 1.32 bits per heavy atom. The van der Waals surface area contributed by atoms with Crippen molar-refractivity contribution in [3.05, 3.63) is 23.5 Å². The summed E-state index contributed by atoms with van der Waals surface area (Å²) in [7, 11) is 0. The Morgan fingerprint density at radius 1 is 0.824 bits per heavy atom. The number of hydrogen-bond acceptors (Lipinski definition) is 7. The van der Waals surface area contributed by atoms with Crippen LogP contribution in [0.15, 0.2) is 12.1 Å². The van der Waals surface area contributed by atoms with Gasteiger partial charge in [0, 0.05) is 12.2 Å². The van der Waals surface area contributed by atoms with E-state index in [-0.39, 0.29) is 12.2 Å². The highest BCUT2D eigenvalue weighted by Gasteiger charge is 2.16. The van der Waals surface area contributed by atoms with Crippen molar-refractivity contribution in [1.82, 2.24) is 4.98 Å². The van der Waals surface area contributed by atoms with Crippen molar-refractivity contribution in [2.24, 2.45) is 11.8 Å². The van der Waals surface area contributed by atoms with E-state index in [9.17, 15) is 0 Å². The second-order valence-corrected chi connectivity index (χ2v) is 10.0. The first-order valence-electron chi connectivity index (χ1n) is 13.2. The second kappa shape index (κ2) is 17.2. The smallest absolute Gasteiger partial charge is 0.0893 e. The molecule has 7 nitrogen and oxygen atoms in total. The molecule has 0 saturated heterocycles. The fourth-order valence-corrected chi connectivity index (χ4v) is 3.90. The zero-order valence-electron chi connectivity index (χ0n) is 22.1. The number of rotatable bonds is 8. The molecule has 2 heterocycles. The fraction of sp³-hybridized carbons (Fsp3) is 0.815. The molecular formula is C27H48N2O5. The van der Waals surface area contributed by atoms with Gasteiger partial charge in [0.1, 0.15) is 0 Å². The Balaban J connectivity index is 2.16. The van der Waals surface area contributed by atoms with E-state index in [4.69, 9.17) is 28.7 Å². The Labute approximate surface area is 207 Å². The molecule has 0 aliphatic carbocycles. The minimum atomic E-state index is 0.0239. The van der Waals surface area contributed by atoms with Crippen LogP contribution in [0, 0.1) is 11.8 Å². The molecule has 0 saturated carbocycles. The minimum absolute atomic E-state index is 0.0239. The number of pyridine rings is 1. The number of nitrogens with zero attached hydrogens (tertiary/aromatic N) is 1. The molecule has 1 aliphatic rings. The Kier molecular flexibility index (Phi) is 14.7. The predicted octanol–water partition coefficient (Wildman–Crippen LogP) is 5.22. The number of fused-ring (bicyclic) bond motifs is 2. The first kappa shape index (κ1) is 29.0. The van der Waals surface area contributed by atoms with Crippen LogP contribution in [0.2, 0.25) is 0 Å². The quantitative estimate of drug-likeness (QED) is 0.512. The van der Waals surface area contributed by atoms with Crippen molar-refractivity contribution >= 4 is 5.69 Å². The summed E-state index contributed by atoms with van der Waals surface area (Å²) < 4.78 is 29.9.